The highest BCUT2D eigenvalue weighted by Gasteiger charge is 2.50. The van der Waals surface area contributed by atoms with Crippen LogP contribution in [0.15, 0.2) is 24.3 Å². The molecule has 0 N–H and O–H groups in total. The summed E-state index contributed by atoms with van der Waals surface area (Å²) in [6, 6.07) is 6.76. The van der Waals surface area contributed by atoms with Crippen LogP contribution < -0.4 is 0 Å². The van der Waals surface area contributed by atoms with E-state index in [1.54, 1.807) is 0 Å². The number of halogens is 1. The van der Waals surface area contributed by atoms with Crippen LogP contribution in [-0.4, -0.2) is 5.78 Å². The van der Waals surface area contributed by atoms with Gasteiger partial charge in [0.1, 0.15) is 11.6 Å². The van der Waals surface area contributed by atoms with Crippen LogP contribution in [0.2, 0.25) is 0 Å². The monoisotopic (exact) mass is 218 g/mol. The van der Waals surface area contributed by atoms with Gasteiger partial charge in [0.2, 0.25) is 0 Å². The van der Waals surface area contributed by atoms with Crippen LogP contribution >= 0.6 is 0 Å². The van der Waals surface area contributed by atoms with Crippen molar-refractivity contribution in [2.45, 2.75) is 38.0 Å². The molecule has 0 bridgehead atoms. The first-order chi connectivity index (χ1) is 7.70. The van der Waals surface area contributed by atoms with Crippen molar-refractivity contribution in [2.24, 2.45) is 5.41 Å². The van der Waals surface area contributed by atoms with Gasteiger partial charge in [0, 0.05) is 11.8 Å². The van der Waals surface area contributed by atoms with Crippen LogP contribution in [0.3, 0.4) is 0 Å². The fourth-order valence-electron chi connectivity index (χ4n) is 3.21. The van der Waals surface area contributed by atoms with Crippen LogP contribution in [0.4, 0.5) is 4.39 Å². The standard InChI is InChI=1S/C14H15FO/c15-12-3-1-10(2-4-12)11-5-7-14(9-11)8-6-13(14)16/h1-4,11H,5-9H2. The third-order valence-corrected chi connectivity index (χ3v) is 4.37. The van der Waals surface area contributed by atoms with E-state index in [-0.39, 0.29) is 11.2 Å². The first-order valence-electron chi connectivity index (χ1n) is 5.98. The second-order valence-electron chi connectivity index (χ2n) is 5.19. The highest BCUT2D eigenvalue weighted by atomic mass is 19.1. The Morgan fingerprint density at radius 3 is 2.44 bits per heavy atom. The number of ketones is 1. The largest absolute Gasteiger partial charge is 0.299 e. The Labute approximate surface area is 94.7 Å². The molecule has 2 heteroatoms. The number of benzene rings is 1. The van der Waals surface area contributed by atoms with Crippen molar-refractivity contribution in [2.75, 3.05) is 0 Å². The summed E-state index contributed by atoms with van der Waals surface area (Å²) >= 11 is 0. The second kappa shape index (κ2) is 3.41. The molecule has 0 heterocycles. The summed E-state index contributed by atoms with van der Waals surface area (Å²) in [7, 11) is 0. The summed E-state index contributed by atoms with van der Waals surface area (Å²) in [6.07, 6.45) is 4.95. The molecule has 0 aromatic heterocycles. The SMILES string of the molecule is O=C1CCC12CCC(c1ccc(F)cc1)C2. The van der Waals surface area contributed by atoms with E-state index >= 15 is 0 Å². The van der Waals surface area contributed by atoms with Crippen molar-refractivity contribution < 1.29 is 9.18 Å². The minimum atomic E-state index is -0.184. The Balaban J connectivity index is 1.78. The number of rotatable bonds is 1. The molecular weight excluding hydrogens is 203 g/mol. The molecule has 3 rings (SSSR count). The maximum atomic E-state index is 12.8. The minimum absolute atomic E-state index is 0.0129. The summed E-state index contributed by atoms with van der Waals surface area (Å²) in [5.41, 5.74) is 1.21. The van der Waals surface area contributed by atoms with E-state index in [9.17, 15) is 9.18 Å². The number of hydrogen-bond donors (Lipinski definition) is 0. The van der Waals surface area contributed by atoms with Crippen molar-refractivity contribution in [1.82, 2.24) is 0 Å². The van der Waals surface area contributed by atoms with Crippen LogP contribution in [-0.2, 0) is 4.79 Å². The van der Waals surface area contributed by atoms with E-state index in [0.717, 1.165) is 32.1 Å². The summed E-state index contributed by atoms with van der Waals surface area (Å²) in [5, 5.41) is 0. The highest BCUT2D eigenvalue weighted by Crippen LogP contribution is 2.55. The van der Waals surface area contributed by atoms with Gasteiger partial charge in [-0.25, -0.2) is 4.39 Å². The maximum absolute atomic E-state index is 12.8. The van der Waals surface area contributed by atoms with Gasteiger partial charge in [0.15, 0.2) is 0 Å². The Morgan fingerprint density at radius 1 is 1.19 bits per heavy atom. The lowest BCUT2D eigenvalue weighted by atomic mass is 9.66. The quantitative estimate of drug-likeness (QED) is 0.705. The van der Waals surface area contributed by atoms with Crippen LogP contribution in [0.25, 0.3) is 0 Å². The van der Waals surface area contributed by atoms with Gasteiger partial charge in [-0.3, -0.25) is 4.79 Å². The van der Waals surface area contributed by atoms with Gasteiger partial charge < -0.3 is 0 Å². The average molecular weight is 218 g/mol. The summed E-state index contributed by atoms with van der Waals surface area (Å²) in [4.78, 5) is 11.6. The van der Waals surface area contributed by atoms with E-state index in [1.165, 1.54) is 17.7 Å². The lowest BCUT2D eigenvalue weighted by molar-refractivity contribution is -0.137. The van der Waals surface area contributed by atoms with Gasteiger partial charge in [0.05, 0.1) is 0 Å². The molecule has 2 saturated carbocycles. The van der Waals surface area contributed by atoms with Gasteiger partial charge >= 0.3 is 0 Å². The van der Waals surface area contributed by atoms with Gasteiger partial charge in [-0.1, -0.05) is 12.1 Å². The van der Waals surface area contributed by atoms with E-state index in [1.807, 2.05) is 12.1 Å². The van der Waals surface area contributed by atoms with E-state index in [0.29, 0.717) is 11.7 Å². The fourth-order valence-corrected chi connectivity index (χ4v) is 3.21. The molecule has 16 heavy (non-hydrogen) atoms. The molecule has 0 saturated heterocycles. The average Bonchev–Trinajstić information content (AvgIpc) is 2.75. The van der Waals surface area contributed by atoms with Gasteiger partial charge in [-0.15, -0.1) is 0 Å². The number of hydrogen-bond acceptors (Lipinski definition) is 1. The lowest BCUT2D eigenvalue weighted by Crippen LogP contribution is -2.38. The molecule has 1 nitrogen and oxygen atoms in total. The Hall–Kier alpha value is -1.18. The predicted molar refractivity (Wildman–Crippen MR) is 59.7 cm³/mol. The Kier molecular flexibility index (Phi) is 2.13. The molecule has 2 atom stereocenters. The third-order valence-electron chi connectivity index (χ3n) is 4.37. The summed E-state index contributed by atoms with van der Waals surface area (Å²) < 4.78 is 12.8. The van der Waals surface area contributed by atoms with Gasteiger partial charge in [0.25, 0.3) is 0 Å². The molecule has 1 aromatic rings. The molecule has 1 aromatic carbocycles. The Bertz CT molecular complexity index is 423. The third kappa shape index (κ3) is 1.40. The minimum Gasteiger partial charge on any atom is -0.299 e. The molecule has 2 fully saturated rings. The van der Waals surface area contributed by atoms with Gasteiger partial charge in [-0.05, 0) is 49.3 Å². The van der Waals surface area contributed by atoms with Gasteiger partial charge in [-0.2, -0.15) is 0 Å². The smallest absolute Gasteiger partial charge is 0.139 e. The fraction of sp³-hybridized carbons (Fsp3) is 0.500. The summed E-state index contributed by atoms with van der Waals surface area (Å²) in [5.74, 6) is 0.734. The molecule has 2 unspecified atom stereocenters. The molecule has 84 valence electrons. The normalized spacial score (nSPS) is 33.1. The van der Waals surface area contributed by atoms with E-state index in [2.05, 4.69) is 0 Å². The molecule has 0 amide bonds. The zero-order chi connectivity index (χ0) is 11.2. The number of Topliss-reactive ketones (excluding diaryl/α,β-unsaturated/α-hetero) is 1. The number of carbonyl (C=O) groups excluding carboxylic acids is 1. The van der Waals surface area contributed by atoms with Crippen molar-refractivity contribution in [1.29, 1.82) is 0 Å². The predicted octanol–water partition coefficient (Wildman–Crippen LogP) is 3.44. The van der Waals surface area contributed by atoms with Crippen molar-refractivity contribution >= 4 is 5.78 Å². The topological polar surface area (TPSA) is 17.1 Å². The lowest BCUT2D eigenvalue weighted by Gasteiger charge is -2.36. The van der Waals surface area contributed by atoms with E-state index < -0.39 is 0 Å². The molecule has 0 aliphatic heterocycles. The first kappa shape index (κ1) is 10.0. The van der Waals surface area contributed by atoms with Crippen LogP contribution in [0.1, 0.15) is 43.6 Å². The molecule has 2 aliphatic carbocycles. The molecule has 2 aliphatic rings. The molecular formula is C14H15FO. The molecule has 1 spiro atoms. The van der Waals surface area contributed by atoms with Crippen LogP contribution in [0, 0.1) is 11.2 Å². The highest BCUT2D eigenvalue weighted by molar-refractivity contribution is 5.90. The van der Waals surface area contributed by atoms with E-state index in [4.69, 9.17) is 0 Å². The zero-order valence-electron chi connectivity index (χ0n) is 9.21. The first-order valence-corrected chi connectivity index (χ1v) is 5.98. The Morgan fingerprint density at radius 2 is 1.94 bits per heavy atom. The van der Waals surface area contributed by atoms with Crippen molar-refractivity contribution in [3.63, 3.8) is 0 Å². The second-order valence-corrected chi connectivity index (χ2v) is 5.19. The zero-order valence-corrected chi connectivity index (χ0v) is 9.21. The maximum Gasteiger partial charge on any atom is 0.139 e. The van der Waals surface area contributed by atoms with Crippen molar-refractivity contribution in [3.8, 4) is 0 Å². The molecule has 0 radical (unpaired) electrons. The summed E-state index contributed by atoms with van der Waals surface area (Å²) in [6.45, 7) is 0. The van der Waals surface area contributed by atoms with Crippen molar-refractivity contribution in [3.05, 3.63) is 35.6 Å². The van der Waals surface area contributed by atoms with Crippen LogP contribution in [0.5, 0.6) is 0 Å². The number of carbonyl (C=O) groups is 1.